The maximum Gasteiger partial charge on any atom is 0.387 e. The van der Waals surface area contributed by atoms with Crippen molar-refractivity contribution in [2.45, 2.75) is 57.7 Å². The van der Waals surface area contributed by atoms with Gasteiger partial charge in [0.1, 0.15) is 11.6 Å². The van der Waals surface area contributed by atoms with Crippen LogP contribution in [0.3, 0.4) is 0 Å². The second-order valence-electron chi connectivity index (χ2n) is 10.8. The summed E-state index contributed by atoms with van der Waals surface area (Å²) in [7, 11) is 0. The molecule has 2 saturated carbocycles. The number of hydrogen-bond acceptors (Lipinski definition) is 7. The third kappa shape index (κ3) is 7.60. The standard InChI is InChI=1S/C30H34F4N4O4/c31-20-8-9-21(22(32)12-20)23(15-36-14-17-3-1-2-4-17)37-28(39)27-26(13-35)41-29(38-27)19-7-10-24(42-30(33)34)25(11-19)40-16-18-5-6-18/h7-12,17-18,23,30,36H,1-6,13-16,35H2,(H,37,39). The van der Waals surface area contributed by atoms with Crippen molar-refractivity contribution in [1.29, 1.82) is 0 Å². The molecule has 1 amide bonds. The van der Waals surface area contributed by atoms with Crippen molar-refractivity contribution >= 4 is 5.91 Å². The Hall–Kier alpha value is -3.64. The number of carbonyl (C=O) groups is 1. The smallest absolute Gasteiger partial charge is 0.387 e. The number of nitrogens with zero attached hydrogens (tertiary/aromatic N) is 1. The molecule has 42 heavy (non-hydrogen) atoms. The normalized spacial score (nSPS) is 16.1. The predicted octanol–water partition coefficient (Wildman–Crippen LogP) is 5.72. The zero-order valence-corrected chi connectivity index (χ0v) is 23.0. The summed E-state index contributed by atoms with van der Waals surface area (Å²) in [5, 5.41) is 6.10. The van der Waals surface area contributed by atoms with Crippen LogP contribution in [-0.4, -0.2) is 37.2 Å². The van der Waals surface area contributed by atoms with Gasteiger partial charge in [-0.3, -0.25) is 4.79 Å². The molecular weight excluding hydrogens is 556 g/mol. The molecule has 1 unspecified atom stereocenters. The summed E-state index contributed by atoms with van der Waals surface area (Å²) in [5.41, 5.74) is 6.22. The van der Waals surface area contributed by atoms with Gasteiger partial charge in [-0.2, -0.15) is 8.78 Å². The number of carbonyl (C=O) groups excluding carboxylic acids is 1. The Morgan fingerprint density at radius 2 is 1.83 bits per heavy atom. The Balaban J connectivity index is 1.36. The highest BCUT2D eigenvalue weighted by molar-refractivity contribution is 5.94. The number of benzene rings is 2. The first-order valence-electron chi connectivity index (χ1n) is 14.2. The van der Waals surface area contributed by atoms with Gasteiger partial charge in [0.2, 0.25) is 5.89 Å². The molecule has 0 aliphatic heterocycles. The van der Waals surface area contributed by atoms with E-state index in [0.29, 0.717) is 30.6 Å². The van der Waals surface area contributed by atoms with Gasteiger partial charge in [0.05, 0.1) is 19.2 Å². The second-order valence-corrected chi connectivity index (χ2v) is 10.8. The van der Waals surface area contributed by atoms with E-state index in [2.05, 4.69) is 20.4 Å². The quantitative estimate of drug-likeness (QED) is 0.206. The molecular formula is C30H34F4N4O4. The van der Waals surface area contributed by atoms with E-state index in [0.717, 1.165) is 37.8 Å². The van der Waals surface area contributed by atoms with Gasteiger partial charge in [0, 0.05) is 23.7 Å². The first-order chi connectivity index (χ1) is 20.3. The number of ether oxygens (including phenoxy) is 2. The van der Waals surface area contributed by atoms with E-state index in [9.17, 15) is 22.4 Å². The molecule has 8 nitrogen and oxygen atoms in total. The Kier molecular flexibility index (Phi) is 9.63. The van der Waals surface area contributed by atoms with Crippen molar-refractivity contribution in [2.24, 2.45) is 17.6 Å². The number of rotatable bonds is 14. The number of amides is 1. The minimum atomic E-state index is -3.04. The van der Waals surface area contributed by atoms with E-state index < -0.39 is 30.2 Å². The average Bonchev–Trinajstić information content (AvgIpc) is 3.44. The van der Waals surface area contributed by atoms with Crippen LogP contribution in [-0.2, 0) is 6.54 Å². The molecule has 1 aromatic heterocycles. The van der Waals surface area contributed by atoms with Gasteiger partial charge in [-0.25, -0.2) is 13.8 Å². The summed E-state index contributed by atoms with van der Waals surface area (Å²) in [6, 6.07) is 6.61. The molecule has 0 radical (unpaired) electrons. The third-order valence-electron chi connectivity index (χ3n) is 7.58. The first kappa shape index (κ1) is 29.8. The largest absolute Gasteiger partial charge is 0.489 e. The van der Waals surface area contributed by atoms with Gasteiger partial charge >= 0.3 is 6.61 Å². The molecule has 2 fully saturated rings. The maximum absolute atomic E-state index is 14.8. The van der Waals surface area contributed by atoms with E-state index in [1.807, 2.05) is 0 Å². The fraction of sp³-hybridized carbons (Fsp3) is 0.467. The van der Waals surface area contributed by atoms with Crippen LogP contribution >= 0.6 is 0 Å². The summed E-state index contributed by atoms with van der Waals surface area (Å²) < 4.78 is 70.4. The third-order valence-corrected chi connectivity index (χ3v) is 7.58. The molecule has 0 bridgehead atoms. The molecule has 5 rings (SSSR count). The van der Waals surface area contributed by atoms with Gasteiger partial charge in [-0.15, -0.1) is 0 Å². The van der Waals surface area contributed by atoms with Crippen LogP contribution in [0.4, 0.5) is 17.6 Å². The van der Waals surface area contributed by atoms with Gasteiger partial charge in [-0.1, -0.05) is 18.9 Å². The minimum Gasteiger partial charge on any atom is -0.489 e. The highest BCUT2D eigenvalue weighted by Gasteiger charge is 2.27. The molecule has 2 aliphatic rings. The van der Waals surface area contributed by atoms with Crippen molar-refractivity contribution in [3.05, 3.63) is 65.1 Å². The predicted molar refractivity (Wildman–Crippen MR) is 146 cm³/mol. The van der Waals surface area contributed by atoms with Crippen LogP contribution in [0.1, 0.15) is 66.4 Å². The van der Waals surface area contributed by atoms with E-state index in [1.54, 1.807) is 0 Å². The summed E-state index contributed by atoms with van der Waals surface area (Å²) in [6.45, 7) is -1.92. The first-order valence-corrected chi connectivity index (χ1v) is 14.2. The lowest BCUT2D eigenvalue weighted by atomic mass is 10.0. The van der Waals surface area contributed by atoms with E-state index in [-0.39, 0.29) is 47.5 Å². The number of oxazole rings is 1. The summed E-state index contributed by atoms with van der Waals surface area (Å²) in [6.07, 6.45) is 6.57. The SMILES string of the molecule is NCc1oc(-c2ccc(OC(F)F)c(OCC3CC3)c2)nc1C(=O)NC(CNCC1CCCC1)c1ccc(F)cc1F. The van der Waals surface area contributed by atoms with Crippen molar-refractivity contribution in [3.8, 4) is 23.0 Å². The molecule has 0 spiro atoms. The Morgan fingerprint density at radius 1 is 1.05 bits per heavy atom. The average molecular weight is 591 g/mol. The fourth-order valence-corrected chi connectivity index (χ4v) is 5.13. The molecule has 12 heteroatoms. The number of hydrogen-bond donors (Lipinski definition) is 3. The van der Waals surface area contributed by atoms with Crippen LogP contribution < -0.4 is 25.8 Å². The molecule has 1 heterocycles. The van der Waals surface area contributed by atoms with Crippen LogP contribution in [0.25, 0.3) is 11.5 Å². The topological polar surface area (TPSA) is 112 Å². The minimum absolute atomic E-state index is 0.0179. The van der Waals surface area contributed by atoms with Gasteiger partial charge in [-0.05, 0) is 68.3 Å². The molecule has 226 valence electrons. The van der Waals surface area contributed by atoms with Gasteiger partial charge in [0.25, 0.3) is 5.91 Å². The van der Waals surface area contributed by atoms with Crippen LogP contribution in [0, 0.1) is 23.5 Å². The Labute approximate surface area is 241 Å². The number of aromatic nitrogens is 1. The summed E-state index contributed by atoms with van der Waals surface area (Å²) >= 11 is 0. The van der Waals surface area contributed by atoms with E-state index in [4.69, 9.17) is 14.9 Å². The zero-order chi connectivity index (χ0) is 29.6. The van der Waals surface area contributed by atoms with Crippen molar-refractivity contribution in [1.82, 2.24) is 15.6 Å². The van der Waals surface area contributed by atoms with Crippen LogP contribution in [0.5, 0.6) is 11.5 Å². The highest BCUT2D eigenvalue weighted by Crippen LogP contribution is 2.37. The highest BCUT2D eigenvalue weighted by atomic mass is 19.3. The molecule has 2 aliphatic carbocycles. The molecule has 2 aromatic carbocycles. The number of nitrogens with one attached hydrogen (secondary N) is 2. The summed E-state index contributed by atoms with van der Waals surface area (Å²) in [4.78, 5) is 17.8. The summed E-state index contributed by atoms with van der Waals surface area (Å²) in [5.74, 6) is -1.24. The fourth-order valence-electron chi connectivity index (χ4n) is 5.13. The molecule has 1 atom stereocenters. The van der Waals surface area contributed by atoms with Crippen molar-refractivity contribution in [2.75, 3.05) is 19.7 Å². The Morgan fingerprint density at radius 3 is 2.52 bits per heavy atom. The lowest BCUT2D eigenvalue weighted by molar-refractivity contribution is -0.0515. The van der Waals surface area contributed by atoms with E-state index >= 15 is 0 Å². The monoisotopic (exact) mass is 590 g/mol. The maximum atomic E-state index is 14.8. The second kappa shape index (κ2) is 13.6. The van der Waals surface area contributed by atoms with Crippen LogP contribution in [0.15, 0.2) is 40.8 Å². The zero-order valence-electron chi connectivity index (χ0n) is 23.0. The van der Waals surface area contributed by atoms with Crippen LogP contribution in [0.2, 0.25) is 0 Å². The van der Waals surface area contributed by atoms with Crippen molar-refractivity contribution in [3.63, 3.8) is 0 Å². The Bertz CT molecular complexity index is 1380. The van der Waals surface area contributed by atoms with Crippen molar-refractivity contribution < 1.29 is 36.2 Å². The molecule has 4 N–H and O–H groups in total. The van der Waals surface area contributed by atoms with Gasteiger partial charge < -0.3 is 30.3 Å². The number of nitrogens with two attached hydrogens (primary N) is 1. The lowest BCUT2D eigenvalue weighted by Crippen LogP contribution is -2.38. The number of halogens is 4. The number of alkyl halides is 2. The lowest BCUT2D eigenvalue weighted by Gasteiger charge is -2.21. The van der Waals surface area contributed by atoms with Gasteiger partial charge in [0.15, 0.2) is 23.0 Å². The van der Waals surface area contributed by atoms with E-state index in [1.165, 1.54) is 37.1 Å². The molecule has 0 saturated heterocycles. The molecule has 3 aromatic rings.